The maximum atomic E-state index is 11.2. The number of carboxylic acids is 1. The molecule has 0 aliphatic carbocycles. The molecule has 0 saturated heterocycles. The van der Waals surface area contributed by atoms with Crippen molar-refractivity contribution < 1.29 is 19.4 Å². The van der Waals surface area contributed by atoms with Gasteiger partial charge >= 0.3 is 5.97 Å². The zero-order valence-electron chi connectivity index (χ0n) is 17.9. The quantitative estimate of drug-likeness (QED) is 0.332. The normalized spacial score (nSPS) is 10.4. The fourth-order valence-electron chi connectivity index (χ4n) is 3.26. The van der Waals surface area contributed by atoms with E-state index in [-0.39, 0.29) is 5.56 Å². The monoisotopic (exact) mass is 451 g/mol. The maximum absolute atomic E-state index is 11.2. The number of nitrogens with one attached hydrogen (secondary N) is 1. The van der Waals surface area contributed by atoms with Crippen molar-refractivity contribution >= 4 is 23.3 Å². The predicted octanol–water partition coefficient (Wildman–Crippen LogP) is 6.36. The van der Waals surface area contributed by atoms with E-state index in [0.717, 1.165) is 22.4 Å². The van der Waals surface area contributed by atoms with E-state index in [1.165, 1.54) is 0 Å². The molecule has 0 fully saturated rings. The van der Waals surface area contributed by atoms with Crippen molar-refractivity contribution in [3.63, 3.8) is 0 Å². The van der Waals surface area contributed by atoms with E-state index in [1.54, 1.807) is 18.2 Å². The number of carbonyl (C=O) groups is 1. The van der Waals surface area contributed by atoms with Gasteiger partial charge in [-0.2, -0.15) is 0 Å². The Labute approximate surface area is 193 Å². The summed E-state index contributed by atoms with van der Waals surface area (Å²) in [6, 6.07) is 18.3. The second kappa shape index (κ2) is 11.3. The molecule has 3 aromatic carbocycles. The van der Waals surface area contributed by atoms with Crippen LogP contribution in [0.4, 0.5) is 5.69 Å². The molecule has 0 aliphatic heterocycles. The molecule has 5 nitrogen and oxygen atoms in total. The fourth-order valence-corrected chi connectivity index (χ4v) is 3.39. The Morgan fingerprint density at radius 1 is 1.09 bits per heavy atom. The van der Waals surface area contributed by atoms with Crippen molar-refractivity contribution in [3.8, 4) is 11.5 Å². The maximum Gasteiger partial charge on any atom is 0.335 e. The number of aromatic carboxylic acids is 1. The molecule has 2 N–H and O–H groups in total. The summed E-state index contributed by atoms with van der Waals surface area (Å²) in [5, 5.41) is 13.1. The smallest absolute Gasteiger partial charge is 0.335 e. The van der Waals surface area contributed by atoms with E-state index >= 15 is 0 Å². The van der Waals surface area contributed by atoms with Crippen molar-refractivity contribution in [2.24, 2.45) is 0 Å². The van der Waals surface area contributed by atoms with E-state index in [2.05, 4.69) is 18.0 Å². The van der Waals surface area contributed by atoms with Gasteiger partial charge in [-0.3, -0.25) is 0 Å². The van der Waals surface area contributed by atoms with Crippen LogP contribution in [0.2, 0.25) is 5.02 Å². The number of benzene rings is 3. The molecule has 166 valence electrons. The molecule has 32 heavy (non-hydrogen) atoms. The highest BCUT2D eigenvalue weighted by Crippen LogP contribution is 2.35. The van der Waals surface area contributed by atoms with Crippen LogP contribution in [-0.4, -0.2) is 17.7 Å². The highest BCUT2D eigenvalue weighted by atomic mass is 35.5. The van der Waals surface area contributed by atoms with Gasteiger partial charge in [0.1, 0.15) is 6.61 Å². The number of ether oxygens (including phenoxy) is 2. The Kier molecular flexibility index (Phi) is 8.17. The molecule has 0 aromatic heterocycles. The minimum atomic E-state index is -0.956. The largest absolute Gasteiger partial charge is 0.490 e. The van der Waals surface area contributed by atoms with Gasteiger partial charge in [0.15, 0.2) is 11.5 Å². The van der Waals surface area contributed by atoms with Crippen molar-refractivity contribution in [1.29, 1.82) is 0 Å². The number of rotatable bonds is 11. The lowest BCUT2D eigenvalue weighted by molar-refractivity contribution is 0.0697. The fraction of sp³-hybridized carbons (Fsp3) is 0.192. The number of anilines is 1. The summed E-state index contributed by atoms with van der Waals surface area (Å²) >= 11 is 5.97. The predicted molar refractivity (Wildman–Crippen MR) is 128 cm³/mol. The van der Waals surface area contributed by atoms with E-state index in [4.69, 9.17) is 21.1 Å². The molecule has 0 heterocycles. The van der Waals surface area contributed by atoms with Gasteiger partial charge in [0.2, 0.25) is 0 Å². The second-order valence-corrected chi connectivity index (χ2v) is 7.60. The Hall–Kier alpha value is -3.44. The average molecular weight is 452 g/mol. The van der Waals surface area contributed by atoms with Crippen LogP contribution in [0.25, 0.3) is 0 Å². The summed E-state index contributed by atoms with van der Waals surface area (Å²) in [6.45, 7) is 7.19. The van der Waals surface area contributed by atoms with Gasteiger partial charge in [0, 0.05) is 22.8 Å². The molecular weight excluding hydrogens is 426 g/mol. The molecule has 0 saturated carbocycles. The van der Waals surface area contributed by atoms with Crippen LogP contribution in [0.5, 0.6) is 11.5 Å². The van der Waals surface area contributed by atoms with Gasteiger partial charge < -0.3 is 19.9 Å². The number of hydrogen-bond acceptors (Lipinski definition) is 4. The van der Waals surface area contributed by atoms with Gasteiger partial charge in [0.05, 0.1) is 12.2 Å². The highest BCUT2D eigenvalue weighted by Gasteiger charge is 2.14. The van der Waals surface area contributed by atoms with Crippen LogP contribution in [0.15, 0.2) is 73.3 Å². The Balaban J connectivity index is 1.82. The van der Waals surface area contributed by atoms with E-state index in [0.29, 0.717) is 42.7 Å². The van der Waals surface area contributed by atoms with Crippen molar-refractivity contribution in [1.82, 2.24) is 0 Å². The SMILES string of the molecule is C=CCc1cc(CNc2cccc(C(=O)O)c2)cc(OCC)c1OCc1ccc(Cl)cc1. The molecule has 0 bridgehead atoms. The highest BCUT2D eigenvalue weighted by molar-refractivity contribution is 6.30. The molecule has 0 atom stereocenters. The molecule has 0 aliphatic rings. The van der Waals surface area contributed by atoms with Crippen molar-refractivity contribution in [2.45, 2.75) is 26.5 Å². The molecule has 3 rings (SSSR count). The van der Waals surface area contributed by atoms with Crippen LogP contribution < -0.4 is 14.8 Å². The molecule has 3 aromatic rings. The molecular formula is C26H26ClNO4. The van der Waals surface area contributed by atoms with Crippen LogP contribution >= 0.6 is 11.6 Å². The Morgan fingerprint density at radius 3 is 2.56 bits per heavy atom. The first-order valence-electron chi connectivity index (χ1n) is 10.3. The standard InChI is InChI=1S/C26H26ClNO4/c1-3-6-20-13-19(16-28-23-8-5-7-21(15-23)26(29)30)14-24(31-4-2)25(20)32-17-18-9-11-22(27)12-10-18/h3,5,7-15,28H,1,4,6,16-17H2,2H3,(H,29,30). The van der Waals surface area contributed by atoms with Crippen LogP contribution in [0.3, 0.4) is 0 Å². The van der Waals surface area contributed by atoms with Gasteiger partial charge in [-0.25, -0.2) is 4.79 Å². The Bertz CT molecular complexity index is 1080. The Morgan fingerprint density at radius 2 is 1.88 bits per heavy atom. The lowest BCUT2D eigenvalue weighted by Crippen LogP contribution is -2.06. The molecule has 0 spiro atoms. The number of hydrogen-bond donors (Lipinski definition) is 2. The van der Waals surface area contributed by atoms with Crippen molar-refractivity contribution in [2.75, 3.05) is 11.9 Å². The summed E-state index contributed by atoms with van der Waals surface area (Å²) in [4.78, 5) is 11.2. The lowest BCUT2D eigenvalue weighted by atomic mass is 10.0. The van der Waals surface area contributed by atoms with Crippen LogP contribution in [-0.2, 0) is 19.6 Å². The summed E-state index contributed by atoms with van der Waals surface area (Å²) in [5.74, 6) is 0.401. The van der Waals surface area contributed by atoms with Gasteiger partial charge in [-0.15, -0.1) is 6.58 Å². The lowest BCUT2D eigenvalue weighted by Gasteiger charge is -2.18. The third-order valence-corrected chi connectivity index (χ3v) is 5.01. The molecule has 0 unspecified atom stereocenters. The first kappa shape index (κ1) is 23.2. The van der Waals surface area contributed by atoms with Gasteiger partial charge in [0.25, 0.3) is 0 Å². The first-order valence-corrected chi connectivity index (χ1v) is 10.7. The van der Waals surface area contributed by atoms with Crippen molar-refractivity contribution in [3.05, 3.63) is 101 Å². The van der Waals surface area contributed by atoms with Gasteiger partial charge in [-0.1, -0.05) is 35.9 Å². The summed E-state index contributed by atoms with van der Waals surface area (Å²) in [7, 11) is 0. The minimum absolute atomic E-state index is 0.239. The average Bonchev–Trinajstić information content (AvgIpc) is 2.79. The van der Waals surface area contributed by atoms with E-state index < -0.39 is 5.97 Å². The van der Waals surface area contributed by atoms with Crippen LogP contribution in [0.1, 0.15) is 34.0 Å². The molecule has 6 heteroatoms. The third kappa shape index (κ3) is 6.28. The van der Waals surface area contributed by atoms with E-state index in [9.17, 15) is 9.90 Å². The minimum Gasteiger partial charge on any atom is -0.490 e. The second-order valence-electron chi connectivity index (χ2n) is 7.16. The van der Waals surface area contributed by atoms with Gasteiger partial charge in [-0.05, 0) is 66.9 Å². The first-order chi connectivity index (χ1) is 15.5. The zero-order chi connectivity index (χ0) is 22.9. The van der Waals surface area contributed by atoms with Crippen LogP contribution in [0, 0.1) is 0 Å². The summed E-state index contributed by atoms with van der Waals surface area (Å²) in [5.41, 5.74) is 3.94. The number of carboxylic acid groups (broad SMARTS) is 1. The number of allylic oxidation sites excluding steroid dienone is 1. The van der Waals surface area contributed by atoms with E-state index in [1.807, 2.05) is 49.4 Å². The molecule has 0 amide bonds. The molecule has 0 radical (unpaired) electrons. The summed E-state index contributed by atoms with van der Waals surface area (Å²) < 4.78 is 12.0. The topological polar surface area (TPSA) is 67.8 Å². The summed E-state index contributed by atoms with van der Waals surface area (Å²) in [6.07, 6.45) is 2.45. The number of halogens is 1. The zero-order valence-corrected chi connectivity index (χ0v) is 18.7. The third-order valence-electron chi connectivity index (χ3n) is 4.76.